The van der Waals surface area contributed by atoms with E-state index in [1.807, 2.05) is 30.3 Å². The molecule has 1 amide bonds. The van der Waals surface area contributed by atoms with E-state index in [2.05, 4.69) is 49.2 Å². The van der Waals surface area contributed by atoms with E-state index in [0.717, 1.165) is 43.9 Å². The summed E-state index contributed by atoms with van der Waals surface area (Å²) in [6.45, 7) is 6.38. The third-order valence-corrected chi connectivity index (χ3v) is 6.51. The van der Waals surface area contributed by atoms with Gasteiger partial charge in [-0.2, -0.15) is 9.97 Å². The highest BCUT2D eigenvalue weighted by Crippen LogP contribution is 2.27. The van der Waals surface area contributed by atoms with E-state index < -0.39 is 0 Å². The number of methoxy groups -OCH3 is 1. The zero-order valence-corrected chi connectivity index (χ0v) is 20.7. The van der Waals surface area contributed by atoms with Crippen LogP contribution in [-0.2, 0) is 9.53 Å². The second-order valence-electron chi connectivity index (χ2n) is 9.02. The minimum atomic E-state index is -0.285. The molecule has 0 unspecified atom stereocenters. The summed E-state index contributed by atoms with van der Waals surface area (Å²) in [6.07, 6.45) is 5.14. The first kappa shape index (κ1) is 24.3. The van der Waals surface area contributed by atoms with Gasteiger partial charge in [0, 0.05) is 43.9 Å². The molecule has 4 aromatic rings. The molecule has 37 heavy (non-hydrogen) atoms. The van der Waals surface area contributed by atoms with Crippen molar-refractivity contribution in [3.05, 3.63) is 67.5 Å². The Labute approximate surface area is 215 Å². The molecule has 0 saturated carbocycles. The van der Waals surface area contributed by atoms with Crippen LogP contribution in [0.3, 0.4) is 0 Å². The average molecular weight is 499 g/mol. The van der Waals surface area contributed by atoms with Crippen molar-refractivity contribution in [1.82, 2.24) is 19.5 Å². The van der Waals surface area contributed by atoms with Crippen LogP contribution in [0.5, 0.6) is 0 Å². The maximum atomic E-state index is 11.7. The standard InChI is InChI=1S/C27H30N8O2/c1-3-23(36)30-20-5-4-6-22(15-20)35-17-29-24-25(28)32-27(33-26(24)35)31-19-7-9-21(10-8-19)34-13-11-18(12-14-34)16-37-2/h3-10,15,17-18H,1,11-14,16H2,2H3,(H,30,36)(H3,28,31,32,33). The fourth-order valence-electron chi connectivity index (χ4n) is 4.57. The summed E-state index contributed by atoms with van der Waals surface area (Å²) in [5.74, 6) is 1.00. The van der Waals surface area contributed by atoms with Crippen molar-refractivity contribution in [2.75, 3.05) is 48.1 Å². The van der Waals surface area contributed by atoms with Gasteiger partial charge >= 0.3 is 0 Å². The Balaban J connectivity index is 1.34. The smallest absolute Gasteiger partial charge is 0.247 e. The van der Waals surface area contributed by atoms with Crippen LogP contribution < -0.4 is 21.3 Å². The molecule has 4 N–H and O–H groups in total. The van der Waals surface area contributed by atoms with Gasteiger partial charge in [-0.15, -0.1) is 0 Å². The lowest BCUT2D eigenvalue weighted by Gasteiger charge is -2.33. The molecule has 0 atom stereocenters. The molecule has 0 spiro atoms. The lowest BCUT2D eigenvalue weighted by atomic mass is 9.97. The summed E-state index contributed by atoms with van der Waals surface area (Å²) < 4.78 is 7.11. The van der Waals surface area contributed by atoms with Gasteiger partial charge in [0.25, 0.3) is 0 Å². The molecule has 10 heteroatoms. The number of hydrogen-bond donors (Lipinski definition) is 3. The molecule has 3 heterocycles. The van der Waals surface area contributed by atoms with E-state index in [4.69, 9.17) is 10.5 Å². The first-order chi connectivity index (χ1) is 18.0. The lowest BCUT2D eigenvalue weighted by molar-refractivity contribution is -0.111. The molecule has 1 aliphatic heterocycles. The van der Waals surface area contributed by atoms with Gasteiger partial charge in [-0.1, -0.05) is 12.6 Å². The largest absolute Gasteiger partial charge is 0.384 e. The number of carbonyl (C=O) groups excluding carboxylic acids is 1. The number of rotatable bonds is 8. The summed E-state index contributed by atoms with van der Waals surface area (Å²) in [6, 6.07) is 15.6. The average Bonchev–Trinajstić information content (AvgIpc) is 3.34. The number of imidazole rings is 1. The van der Waals surface area contributed by atoms with Crippen molar-refractivity contribution in [2.24, 2.45) is 5.92 Å². The molecular weight excluding hydrogens is 468 g/mol. The van der Waals surface area contributed by atoms with Crippen LogP contribution in [0.15, 0.2) is 67.5 Å². The topological polar surface area (TPSA) is 123 Å². The minimum Gasteiger partial charge on any atom is -0.384 e. The number of nitrogens with zero attached hydrogens (tertiary/aromatic N) is 5. The van der Waals surface area contributed by atoms with Crippen molar-refractivity contribution in [1.29, 1.82) is 0 Å². The van der Waals surface area contributed by atoms with E-state index in [9.17, 15) is 4.79 Å². The van der Waals surface area contributed by atoms with Gasteiger partial charge < -0.3 is 26.0 Å². The molecule has 1 saturated heterocycles. The second kappa shape index (κ2) is 10.7. The molecule has 10 nitrogen and oxygen atoms in total. The van der Waals surface area contributed by atoms with Crippen molar-refractivity contribution in [2.45, 2.75) is 12.8 Å². The van der Waals surface area contributed by atoms with Gasteiger partial charge in [-0.05, 0) is 67.3 Å². The Kier molecular flexibility index (Phi) is 7.00. The maximum absolute atomic E-state index is 11.7. The number of nitrogen functional groups attached to an aromatic ring is 1. The number of carbonyl (C=O) groups is 1. The van der Waals surface area contributed by atoms with E-state index in [1.54, 1.807) is 24.1 Å². The van der Waals surface area contributed by atoms with Gasteiger partial charge in [0.15, 0.2) is 17.0 Å². The fraction of sp³-hybridized carbons (Fsp3) is 0.259. The first-order valence-electron chi connectivity index (χ1n) is 12.2. The fourth-order valence-corrected chi connectivity index (χ4v) is 4.57. The van der Waals surface area contributed by atoms with Gasteiger partial charge in [-0.3, -0.25) is 9.36 Å². The summed E-state index contributed by atoms with van der Waals surface area (Å²) in [4.78, 5) is 27.6. The number of nitrogens with two attached hydrogens (primary N) is 1. The molecule has 0 radical (unpaired) electrons. The summed E-state index contributed by atoms with van der Waals surface area (Å²) >= 11 is 0. The lowest BCUT2D eigenvalue weighted by Crippen LogP contribution is -2.34. The molecule has 1 fully saturated rings. The van der Waals surface area contributed by atoms with E-state index in [1.165, 1.54) is 11.8 Å². The van der Waals surface area contributed by atoms with Gasteiger partial charge in [0.2, 0.25) is 11.9 Å². The molecule has 1 aliphatic rings. The normalized spacial score (nSPS) is 14.0. The zero-order chi connectivity index (χ0) is 25.8. The van der Waals surface area contributed by atoms with Crippen LogP contribution in [0.1, 0.15) is 12.8 Å². The van der Waals surface area contributed by atoms with Crippen LogP contribution in [0.2, 0.25) is 0 Å². The highest BCUT2D eigenvalue weighted by atomic mass is 16.5. The second-order valence-corrected chi connectivity index (χ2v) is 9.02. The minimum absolute atomic E-state index is 0.276. The van der Waals surface area contributed by atoms with Gasteiger partial charge in [-0.25, -0.2) is 4.98 Å². The first-order valence-corrected chi connectivity index (χ1v) is 12.2. The molecule has 0 aliphatic carbocycles. The third-order valence-electron chi connectivity index (χ3n) is 6.51. The van der Waals surface area contributed by atoms with Crippen molar-refractivity contribution >= 4 is 45.9 Å². The Morgan fingerprint density at radius 1 is 1.14 bits per heavy atom. The summed E-state index contributed by atoms with van der Waals surface area (Å²) in [7, 11) is 1.77. The Morgan fingerprint density at radius 3 is 2.65 bits per heavy atom. The number of amides is 1. The molecule has 2 aromatic carbocycles. The molecular formula is C27H30N8O2. The highest BCUT2D eigenvalue weighted by molar-refractivity contribution is 5.99. The molecule has 5 rings (SSSR count). The van der Waals surface area contributed by atoms with Gasteiger partial charge in [0.1, 0.15) is 6.33 Å². The van der Waals surface area contributed by atoms with Crippen LogP contribution >= 0.6 is 0 Å². The monoisotopic (exact) mass is 498 g/mol. The number of ether oxygens (including phenoxy) is 1. The van der Waals surface area contributed by atoms with Crippen molar-refractivity contribution in [3.8, 4) is 5.69 Å². The number of anilines is 5. The van der Waals surface area contributed by atoms with Crippen LogP contribution in [0, 0.1) is 5.92 Å². The Morgan fingerprint density at radius 2 is 1.92 bits per heavy atom. The Bertz CT molecular complexity index is 1410. The molecule has 2 aromatic heterocycles. The molecule has 0 bridgehead atoms. The number of piperidine rings is 1. The van der Waals surface area contributed by atoms with E-state index in [-0.39, 0.29) is 11.7 Å². The molecule has 190 valence electrons. The summed E-state index contributed by atoms with van der Waals surface area (Å²) in [5, 5.41) is 6.02. The SMILES string of the molecule is C=CC(=O)Nc1cccc(-n2cnc3c(N)nc(Nc4ccc(N5CCC(COC)CC5)cc4)nc32)c1. The maximum Gasteiger partial charge on any atom is 0.247 e. The number of aromatic nitrogens is 4. The van der Waals surface area contributed by atoms with Crippen LogP contribution in [-0.4, -0.2) is 52.2 Å². The zero-order valence-electron chi connectivity index (χ0n) is 20.7. The summed E-state index contributed by atoms with van der Waals surface area (Å²) in [5.41, 5.74) is 10.7. The Hall–Kier alpha value is -4.44. The van der Waals surface area contributed by atoms with Crippen molar-refractivity contribution < 1.29 is 9.53 Å². The predicted molar refractivity (Wildman–Crippen MR) is 146 cm³/mol. The highest BCUT2D eigenvalue weighted by Gasteiger charge is 2.19. The van der Waals surface area contributed by atoms with Crippen LogP contribution in [0.4, 0.5) is 28.8 Å². The van der Waals surface area contributed by atoms with E-state index in [0.29, 0.717) is 28.7 Å². The van der Waals surface area contributed by atoms with Gasteiger partial charge in [0.05, 0.1) is 5.69 Å². The predicted octanol–water partition coefficient (Wildman–Crippen LogP) is 4.13. The number of nitrogens with one attached hydrogen (secondary N) is 2. The van der Waals surface area contributed by atoms with Crippen LogP contribution in [0.25, 0.3) is 16.9 Å². The quantitative estimate of drug-likeness (QED) is 0.310. The van der Waals surface area contributed by atoms with Crippen molar-refractivity contribution in [3.63, 3.8) is 0 Å². The number of fused-ring (bicyclic) bond motifs is 1. The van der Waals surface area contributed by atoms with E-state index >= 15 is 0 Å². The number of benzene rings is 2. The number of hydrogen-bond acceptors (Lipinski definition) is 8. The third kappa shape index (κ3) is 5.39.